The molecule has 0 aliphatic carbocycles. The summed E-state index contributed by atoms with van der Waals surface area (Å²) in [5.41, 5.74) is 5.88. The molecule has 0 N–H and O–H groups in total. The predicted octanol–water partition coefficient (Wildman–Crippen LogP) is 7.20. The van der Waals surface area contributed by atoms with E-state index >= 15 is 0 Å². The first-order chi connectivity index (χ1) is 20.0. The number of carbonyl (C=O) groups is 1. The van der Waals surface area contributed by atoms with Crippen LogP contribution in [0.1, 0.15) is 12.8 Å². The first-order valence-electron chi connectivity index (χ1n) is 13.5. The van der Waals surface area contributed by atoms with Gasteiger partial charge in [0.05, 0.1) is 46.7 Å². The van der Waals surface area contributed by atoms with E-state index < -0.39 is 7.92 Å². The number of hydrogen-bond acceptors (Lipinski definition) is 6. The maximum Gasteiger partial charge on any atom is 0.133 e. The van der Waals surface area contributed by atoms with Crippen molar-refractivity contribution in [2.24, 2.45) is 0 Å². The van der Waals surface area contributed by atoms with Gasteiger partial charge in [0.15, 0.2) is 0 Å². The van der Waals surface area contributed by atoms with E-state index in [1.807, 2.05) is 48.5 Å². The van der Waals surface area contributed by atoms with E-state index in [2.05, 4.69) is 24.3 Å². The lowest BCUT2D eigenvalue weighted by molar-refractivity contribution is -0.118. The van der Waals surface area contributed by atoms with Crippen LogP contribution in [0.15, 0.2) is 72.8 Å². The Morgan fingerprint density at radius 3 is 1.39 bits per heavy atom. The second-order valence-corrected chi connectivity index (χ2v) is 12.2. The van der Waals surface area contributed by atoms with Crippen molar-refractivity contribution in [2.75, 3.05) is 47.9 Å². The van der Waals surface area contributed by atoms with E-state index in [0.29, 0.717) is 18.6 Å². The Labute approximate surface area is 242 Å². The van der Waals surface area contributed by atoms with Gasteiger partial charge >= 0.3 is 0 Å². The van der Waals surface area contributed by atoms with Crippen LogP contribution in [0, 0.1) is 0 Å². The van der Waals surface area contributed by atoms with Crippen molar-refractivity contribution in [3.05, 3.63) is 72.8 Å². The van der Waals surface area contributed by atoms with E-state index in [-0.39, 0.29) is 0 Å². The Balaban J connectivity index is 1.92. The van der Waals surface area contributed by atoms with Crippen LogP contribution in [-0.4, -0.2) is 53.7 Å². The molecule has 4 aromatic carbocycles. The highest BCUT2D eigenvalue weighted by Gasteiger charge is 2.30. The third-order valence-corrected chi connectivity index (χ3v) is 10.2. The van der Waals surface area contributed by atoms with Crippen molar-refractivity contribution in [3.63, 3.8) is 0 Å². The normalized spacial score (nSPS) is 13.5. The molecule has 1 fully saturated rings. The molecule has 6 nitrogen and oxygen atoms in total. The number of Topliss-reactive ketones (excluding diaryl/α,β-unsaturated/α-hetero) is 1. The van der Waals surface area contributed by atoms with E-state index in [4.69, 9.17) is 23.7 Å². The summed E-state index contributed by atoms with van der Waals surface area (Å²) in [7, 11) is 7.68. The molecule has 5 rings (SSSR count). The van der Waals surface area contributed by atoms with Gasteiger partial charge in [-0.25, -0.2) is 0 Å². The molecule has 1 saturated heterocycles. The number of hydrogen-bond donors (Lipinski definition) is 0. The molecule has 0 aromatic heterocycles. The minimum Gasteiger partial charge on any atom is -0.497 e. The fraction of sp³-hybridized carbons (Fsp3) is 0.265. The lowest BCUT2D eigenvalue weighted by atomic mass is 9.91. The van der Waals surface area contributed by atoms with Crippen LogP contribution >= 0.6 is 7.92 Å². The summed E-state index contributed by atoms with van der Waals surface area (Å²) in [6, 6.07) is 24.2. The molecule has 212 valence electrons. The number of methoxy groups -OCH3 is 5. The maximum absolute atomic E-state index is 12.4. The summed E-state index contributed by atoms with van der Waals surface area (Å²) >= 11 is 0. The van der Waals surface area contributed by atoms with Gasteiger partial charge in [0.25, 0.3) is 0 Å². The zero-order valence-electron chi connectivity index (χ0n) is 24.2. The second kappa shape index (κ2) is 12.7. The molecule has 4 aromatic rings. The highest BCUT2D eigenvalue weighted by Crippen LogP contribution is 2.52. The summed E-state index contributed by atoms with van der Waals surface area (Å²) in [5, 5.41) is 1.19. The van der Waals surface area contributed by atoms with Crippen LogP contribution < -0.4 is 29.0 Å². The summed E-state index contributed by atoms with van der Waals surface area (Å²) in [6.07, 6.45) is 2.81. The highest BCUT2D eigenvalue weighted by molar-refractivity contribution is 7.66. The van der Waals surface area contributed by atoms with E-state index in [1.165, 1.54) is 5.30 Å². The van der Waals surface area contributed by atoms with Crippen molar-refractivity contribution < 1.29 is 28.5 Å². The van der Waals surface area contributed by atoms with Crippen molar-refractivity contribution in [1.29, 1.82) is 0 Å². The summed E-state index contributed by atoms with van der Waals surface area (Å²) < 4.78 is 29.1. The molecule has 41 heavy (non-hydrogen) atoms. The molecule has 1 heterocycles. The Morgan fingerprint density at radius 2 is 1.00 bits per heavy atom. The van der Waals surface area contributed by atoms with Gasteiger partial charge in [-0.2, -0.15) is 0 Å². The van der Waals surface area contributed by atoms with Crippen molar-refractivity contribution in [1.82, 2.24) is 0 Å². The topological polar surface area (TPSA) is 63.2 Å². The fourth-order valence-corrected chi connectivity index (χ4v) is 8.26. The molecule has 0 bridgehead atoms. The zero-order valence-corrected chi connectivity index (χ0v) is 25.0. The Morgan fingerprint density at radius 1 is 0.561 bits per heavy atom. The van der Waals surface area contributed by atoms with Gasteiger partial charge in [-0.1, -0.05) is 32.2 Å². The van der Waals surface area contributed by atoms with Crippen LogP contribution in [-0.2, 0) is 4.79 Å². The Kier molecular flexibility index (Phi) is 8.80. The van der Waals surface area contributed by atoms with Crippen LogP contribution in [0.4, 0.5) is 0 Å². The maximum atomic E-state index is 12.4. The summed E-state index contributed by atoms with van der Waals surface area (Å²) in [5.74, 6) is 4.00. The fourth-order valence-electron chi connectivity index (χ4n) is 5.52. The van der Waals surface area contributed by atoms with Gasteiger partial charge in [-0.3, -0.25) is 4.79 Å². The summed E-state index contributed by atoms with van der Waals surface area (Å²) in [6.45, 7) is 0. The minimum absolute atomic E-state index is 0.325. The molecule has 0 unspecified atom stereocenters. The van der Waals surface area contributed by atoms with Crippen molar-refractivity contribution in [3.8, 4) is 62.1 Å². The summed E-state index contributed by atoms with van der Waals surface area (Å²) in [4.78, 5) is 12.4. The van der Waals surface area contributed by atoms with Gasteiger partial charge in [-0.15, -0.1) is 0 Å². The zero-order chi connectivity index (χ0) is 28.9. The minimum atomic E-state index is -0.704. The third-order valence-electron chi connectivity index (χ3n) is 7.56. The molecule has 0 radical (unpaired) electrons. The molecule has 0 amide bonds. The van der Waals surface area contributed by atoms with Gasteiger partial charge in [0, 0.05) is 12.8 Å². The molecule has 1 aliphatic rings. The number of carbonyl (C=O) groups excluding carboxylic acids is 1. The second-order valence-electron chi connectivity index (χ2n) is 9.75. The average molecular weight is 571 g/mol. The number of ether oxygens (including phenoxy) is 5. The first-order valence-corrected chi connectivity index (χ1v) is 15.3. The molecule has 1 aliphatic heterocycles. The van der Waals surface area contributed by atoms with Crippen LogP contribution in [0.2, 0.25) is 0 Å². The lowest BCUT2D eigenvalue weighted by Crippen LogP contribution is -2.21. The quantitative estimate of drug-likeness (QED) is 0.198. The van der Waals surface area contributed by atoms with Gasteiger partial charge in [0.2, 0.25) is 0 Å². The molecule has 7 heteroatoms. The molecular formula is C34H35O6P. The number of benzene rings is 4. The van der Waals surface area contributed by atoms with Crippen molar-refractivity contribution >= 4 is 19.0 Å². The van der Waals surface area contributed by atoms with E-state index in [9.17, 15) is 4.79 Å². The van der Waals surface area contributed by atoms with Gasteiger partial charge in [0.1, 0.15) is 34.5 Å². The lowest BCUT2D eigenvalue weighted by Gasteiger charge is -2.30. The standard InChI is InChI=1S/C34H35O6P/c1-36-25-14-12-22(13-15-25)23-20-26(32-28(37-2)8-6-9-29(32)38-3)34(41-18-16-24(35)17-19-41)27(21-23)33-30(39-4)10-7-11-31(33)40-5/h6-15,20-21H,16-19H2,1-5H3. The van der Waals surface area contributed by atoms with Crippen LogP contribution in [0.25, 0.3) is 33.4 Å². The smallest absolute Gasteiger partial charge is 0.133 e. The molecule has 0 saturated carbocycles. The van der Waals surface area contributed by atoms with Crippen LogP contribution in [0.3, 0.4) is 0 Å². The SMILES string of the molecule is COc1ccc(-c2cc(-c3c(OC)cccc3OC)c(P3CCC(=O)CC3)c(-c3c(OC)cccc3OC)c2)cc1. The van der Waals surface area contributed by atoms with Crippen molar-refractivity contribution in [2.45, 2.75) is 12.8 Å². The third kappa shape index (κ3) is 5.62. The van der Waals surface area contributed by atoms with E-state index in [0.717, 1.165) is 74.5 Å². The largest absolute Gasteiger partial charge is 0.497 e. The average Bonchev–Trinajstić information content (AvgIpc) is 3.03. The Hall–Kier alpha value is -4.02. The molecule has 0 spiro atoms. The molecule has 0 atom stereocenters. The molecular weight excluding hydrogens is 535 g/mol. The first kappa shape index (κ1) is 28.5. The van der Waals surface area contributed by atoms with Gasteiger partial charge in [-0.05, 0) is 88.4 Å². The highest BCUT2D eigenvalue weighted by atomic mass is 31.1. The Bertz CT molecular complexity index is 1410. The van der Waals surface area contributed by atoms with E-state index in [1.54, 1.807) is 35.5 Å². The monoisotopic (exact) mass is 570 g/mol. The van der Waals surface area contributed by atoms with Gasteiger partial charge < -0.3 is 23.7 Å². The number of rotatable bonds is 9. The van der Waals surface area contributed by atoms with Crippen LogP contribution in [0.5, 0.6) is 28.7 Å². The predicted molar refractivity (Wildman–Crippen MR) is 166 cm³/mol. The number of ketones is 1.